The smallest absolute Gasteiger partial charge is 0.169 e. The summed E-state index contributed by atoms with van der Waals surface area (Å²) in [5, 5.41) is 20.1. The van der Waals surface area contributed by atoms with Gasteiger partial charge >= 0.3 is 0 Å². The number of piperidine rings is 1. The first kappa shape index (κ1) is 15.6. The highest BCUT2D eigenvalue weighted by molar-refractivity contribution is 5.83. The number of nitrogens with one attached hydrogen (secondary N) is 1. The molecular formula is C18H23N4O+. The Labute approximate surface area is 136 Å². The number of aliphatic hydroxyl groups excluding tert-OH is 1. The number of imidazole rings is 1. The molecule has 0 bridgehead atoms. The van der Waals surface area contributed by atoms with E-state index in [1.807, 2.05) is 35.9 Å². The van der Waals surface area contributed by atoms with Crippen LogP contribution < -0.4 is 4.90 Å². The van der Waals surface area contributed by atoms with E-state index in [0.29, 0.717) is 18.3 Å². The topological polar surface area (TPSA) is 66.3 Å². The standard InChI is InChI=1S/C18H22N4O/c1-13-6-5-9-22(11-13)12-17(23)14(10-19)18-20-15-7-3-4-8-16(15)21(18)2/h3-4,7-8,13,23H,5-6,9,11-12H2,1-2H3/p+1. The van der Waals surface area contributed by atoms with Crippen LogP contribution in [0.25, 0.3) is 16.6 Å². The van der Waals surface area contributed by atoms with Gasteiger partial charge in [-0.15, -0.1) is 0 Å². The van der Waals surface area contributed by atoms with Crippen LogP contribution in [0, 0.1) is 17.2 Å². The zero-order chi connectivity index (χ0) is 16.4. The van der Waals surface area contributed by atoms with Crippen molar-refractivity contribution >= 4 is 16.6 Å². The van der Waals surface area contributed by atoms with E-state index in [-0.39, 0.29) is 11.3 Å². The highest BCUT2D eigenvalue weighted by atomic mass is 16.3. The van der Waals surface area contributed by atoms with Gasteiger partial charge in [-0.2, -0.15) is 5.26 Å². The van der Waals surface area contributed by atoms with Crippen molar-refractivity contribution < 1.29 is 10.0 Å². The molecule has 120 valence electrons. The second kappa shape index (κ2) is 6.43. The van der Waals surface area contributed by atoms with Gasteiger partial charge in [-0.05, 0) is 25.0 Å². The second-order valence-corrected chi connectivity index (χ2v) is 6.54. The van der Waals surface area contributed by atoms with Crippen molar-refractivity contribution in [2.45, 2.75) is 19.8 Å². The fourth-order valence-electron chi connectivity index (χ4n) is 3.50. The summed E-state index contributed by atoms with van der Waals surface area (Å²) < 4.78 is 1.87. The van der Waals surface area contributed by atoms with Crippen molar-refractivity contribution in [3.8, 4) is 6.07 Å². The maximum atomic E-state index is 10.5. The molecule has 1 aromatic carbocycles. The van der Waals surface area contributed by atoms with Crippen LogP contribution in [-0.4, -0.2) is 34.3 Å². The number of para-hydroxylation sites is 2. The van der Waals surface area contributed by atoms with E-state index in [2.05, 4.69) is 18.0 Å². The SMILES string of the molecule is CC1CCC[NH+](CC(O)=C(C#N)c2nc3ccccc3n2C)C1. The van der Waals surface area contributed by atoms with E-state index < -0.39 is 0 Å². The number of likely N-dealkylation sites (tertiary alicyclic amines) is 1. The van der Waals surface area contributed by atoms with Gasteiger partial charge in [0.25, 0.3) is 0 Å². The number of hydrogen-bond acceptors (Lipinski definition) is 3. The molecule has 0 spiro atoms. The third-order valence-corrected chi connectivity index (χ3v) is 4.69. The normalized spacial score (nSPS) is 22.7. The molecule has 5 heteroatoms. The molecule has 2 atom stereocenters. The molecule has 2 N–H and O–H groups in total. The Balaban J connectivity index is 1.93. The van der Waals surface area contributed by atoms with Crippen molar-refractivity contribution in [1.82, 2.24) is 9.55 Å². The number of benzene rings is 1. The zero-order valence-electron chi connectivity index (χ0n) is 13.7. The minimum absolute atomic E-state index is 0.148. The predicted octanol–water partition coefficient (Wildman–Crippen LogP) is 1.68. The second-order valence-electron chi connectivity index (χ2n) is 6.54. The average Bonchev–Trinajstić information content (AvgIpc) is 2.86. The number of quaternary nitrogens is 1. The maximum absolute atomic E-state index is 10.5. The van der Waals surface area contributed by atoms with Gasteiger partial charge in [0.1, 0.15) is 18.2 Å². The third kappa shape index (κ3) is 3.08. The van der Waals surface area contributed by atoms with Crippen molar-refractivity contribution in [2.75, 3.05) is 19.6 Å². The van der Waals surface area contributed by atoms with Gasteiger partial charge in [0.2, 0.25) is 0 Å². The minimum atomic E-state index is 0.148. The minimum Gasteiger partial charge on any atom is -0.506 e. The third-order valence-electron chi connectivity index (χ3n) is 4.69. The lowest BCUT2D eigenvalue weighted by atomic mass is 10.00. The monoisotopic (exact) mass is 311 g/mol. The van der Waals surface area contributed by atoms with Gasteiger partial charge in [0, 0.05) is 13.0 Å². The molecule has 0 radical (unpaired) electrons. The van der Waals surface area contributed by atoms with Crippen LogP contribution in [0.5, 0.6) is 0 Å². The van der Waals surface area contributed by atoms with Crippen molar-refractivity contribution in [3.63, 3.8) is 0 Å². The summed E-state index contributed by atoms with van der Waals surface area (Å²) in [6, 6.07) is 9.91. The molecule has 1 aromatic heterocycles. The van der Waals surface area contributed by atoms with Crippen LogP contribution in [0.1, 0.15) is 25.6 Å². The highest BCUT2D eigenvalue weighted by Crippen LogP contribution is 2.21. The molecule has 1 aliphatic heterocycles. The van der Waals surface area contributed by atoms with Crippen molar-refractivity contribution in [2.24, 2.45) is 13.0 Å². The zero-order valence-corrected chi connectivity index (χ0v) is 13.7. The molecule has 2 aromatic rings. The van der Waals surface area contributed by atoms with E-state index in [4.69, 9.17) is 0 Å². The Morgan fingerprint density at radius 1 is 1.48 bits per heavy atom. The summed E-state index contributed by atoms with van der Waals surface area (Å²) in [5.74, 6) is 1.36. The molecule has 2 unspecified atom stereocenters. The Morgan fingerprint density at radius 2 is 2.26 bits per heavy atom. The quantitative estimate of drug-likeness (QED) is 0.669. The fourth-order valence-corrected chi connectivity index (χ4v) is 3.50. The number of aliphatic hydroxyl groups is 1. The van der Waals surface area contributed by atoms with Crippen molar-refractivity contribution in [3.05, 3.63) is 35.8 Å². The molecule has 1 saturated heterocycles. The molecule has 0 saturated carbocycles. The van der Waals surface area contributed by atoms with Crippen LogP contribution in [-0.2, 0) is 7.05 Å². The van der Waals surface area contributed by atoms with Gasteiger partial charge in [0.05, 0.1) is 24.1 Å². The summed E-state index contributed by atoms with van der Waals surface area (Å²) in [4.78, 5) is 5.87. The van der Waals surface area contributed by atoms with Gasteiger partial charge in [-0.3, -0.25) is 0 Å². The number of aromatic nitrogens is 2. The molecule has 1 fully saturated rings. The first-order valence-corrected chi connectivity index (χ1v) is 8.17. The van der Waals surface area contributed by atoms with Crippen LogP contribution in [0.15, 0.2) is 30.0 Å². The average molecular weight is 311 g/mol. The number of allylic oxidation sites excluding steroid dienone is 1. The predicted molar refractivity (Wildman–Crippen MR) is 89.8 cm³/mol. The number of aryl methyl sites for hydroxylation is 1. The van der Waals surface area contributed by atoms with Crippen LogP contribution in [0.3, 0.4) is 0 Å². The lowest BCUT2D eigenvalue weighted by Gasteiger charge is -2.27. The van der Waals surface area contributed by atoms with E-state index in [1.165, 1.54) is 17.7 Å². The summed E-state index contributed by atoms with van der Waals surface area (Å²) in [7, 11) is 1.88. The number of nitriles is 1. The molecule has 5 nitrogen and oxygen atoms in total. The van der Waals surface area contributed by atoms with E-state index in [0.717, 1.165) is 24.1 Å². The number of rotatable bonds is 3. The molecule has 23 heavy (non-hydrogen) atoms. The number of nitrogens with zero attached hydrogens (tertiary/aromatic N) is 3. The van der Waals surface area contributed by atoms with E-state index >= 15 is 0 Å². The molecule has 0 amide bonds. The fraction of sp³-hybridized carbons (Fsp3) is 0.444. The van der Waals surface area contributed by atoms with Gasteiger partial charge in [-0.1, -0.05) is 19.1 Å². The first-order valence-electron chi connectivity index (χ1n) is 8.17. The largest absolute Gasteiger partial charge is 0.506 e. The Kier molecular flexibility index (Phi) is 4.35. The Morgan fingerprint density at radius 3 is 2.96 bits per heavy atom. The first-order chi connectivity index (χ1) is 11.1. The summed E-state index contributed by atoms with van der Waals surface area (Å²) in [6.45, 7) is 4.84. The van der Waals surface area contributed by atoms with Gasteiger partial charge in [0.15, 0.2) is 11.6 Å². The molecule has 3 rings (SSSR count). The Bertz CT molecular complexity index is 784. The summed E-state index contributed by atoms with van der Waals surface area (Å²) in [5.41, 5.74) is 2.08. The summed E-state index contributed by atoms with van der Waals surface area (Å²) >= 11 is 0. The number of hydrogen-bond donors (Lipinski definition) is 2. The molecule has 0 aliphatic carbocycles. The number of fused-ring (bicyclic) bond motifs is 1. The van der Waals surface area contributed by atoms with Crippen LogP contribution in [0.4, 0.5) is 0 Å². The lowest BCUT2D eigenvalue weighted by molar-refractivity contribution is -0.905. The van der Waals surface area contributed by atoms with Gasteiger partial charge < -0.3 is 14.6 Å². The van der Waals surface area contributed by atoms with E-state index in [9.17, 15) is 10.4 Å². The van der Waals surface area contributed by atoms with Crippen molar-refractivity contribution in [1.29, 1.82) is 5.26 Å². The molecule has 1 aliphatic rings. The van der Waals surface area contributed by atoms with Crippen LogP contribution in [0.2, 0.25) is 0 Å². The lowest BCUT2D eigenvalue weighted by Crippen LogP contribution is -3.13. The molecular weight excluding hydrogens is 288 g/mol. The Hall–Kier alpha value is -2.32. The van der Waals surface area contributed by atoms with E-state index in [1.54, 1.807) is 0 Å². The summed E-state index contributed by atoms with van der Waals surface area (Å²) in [6.07, 6.45) is 2.43. The van der Waals surface area contributed by atoms with Crippen LogP contribution >= 0.6 is 0 Å². The van der Waals surface area contributed by atoms with Gasteiger partial charge in [-0.25, -0.2) is 4.98 Å². The molecule has 2 heterocycles. The highest BCUT2D eigenvalue weighted by Gasteiger charge is 2.23. The maximum Gasteiger partial charge on any atom is 0.169 e.